The number of aliphatic hydroxyl groups excluding tert-OH is 2. The molecule has 2 atom stereocenters. The molecular weight excluding hydrogens is 683 g/mol. The topological polar surface area (TPSA) is 95.9 Å². The van der Waals surface area contributed by atoms with E-state index in [-0.39, 0.29) is 18.5 Å². The van der Waals surface area contributed by atoms with Gasteiger partial charge in [0.25, 0.3) is 0 Å². The minimum atomic E-state index is -0.852. The molecule has 0 fully saturated rings. The summed E-state index contributed by atoms with van der Waals surface area (Å²) in [7, 11) is 0. The molecule has 1 amide bonds. The molecule has 0 aliphatic carbocycles. The van der Waals surface area contributed by atoms with Crippen LogP contribution >= 0.6 is 0 Å². The first-order valence-electron chi connectivity index (χ1n) is 23.8. The van der Waals surface area contributed by atoms with Gasteiger partial charge in [0.1, 0.15) is 0 Å². The molecule has 0 saturated heterocycles. The quantitative estimate of drug-likeness (QED) is 0.0326. The Morgan fingerprint density at radius 2 is 0.855 bits per heavy atom. The van der Waals surface area contributed by atoms with Crippen molar-refractivity contribution in [2.75, 3.05) is 13.2 Å². The molecule has 2 unspecified atom stereocenters. The number of aliphatic hydroxyl groups is 2. The van der Waals surface area contributed by atoms with Crippen LogP contribution in [0.25, 0.3) is 0 Å². The Morgan fingerprint density at radius 1 is 0.491 bits per heavy atom. The Labute approximate surface area is 341 Å². The maximum Gasteiger partial charge on any atom is 0.305 e. The van der Waals surface area contributed by atoms with E-state index in [1.54, 1.807) is 6.08 Å². The van der Waals surface area contributed by atoms with Crippen LogP contribution in [0.5, 0.6) is 0 Å². The van der Waals surface area contributed by atoms with Gasteiger partial charge in [-0.3, -0.25) is 9.59 Å². The second kappa shape index (κ2) is 44.8. The summed E-state index contributed by atoms with van der Waals surface area (Å²) in [6, 6.07) is -0.637. The second-order valence-electron chi connectivity index (χ2n) is 16.1. The molecule has 0 aliphatic heterocycles. The standard InChI is InChI=1S/C49H91NO5/c1-3-5-7-9-11-13-14-15-20-23-27-31-35-39-43-49(54)55-44-40-36-32-28-24-21-18-16-17-19-22-26-30-34-38-42-48(53)50-46(45-51)47(52)41-37-33-29-25-12-10-8-6-4-2/h14-15,18,21,37,41,46-47,51-52H,3-13,16-17,19-20,22-36,38-40,42-45H2,1-2H3,(H,50,53)/b15-14-,21-18-,41-37+. The lowest BCUT2D eigenvalue weighted by Crippen LogP contribution is -2.45. The Morgan fingerprint density at radius 3 is 1.29 bits per heavy atom. The Bertz CT molecular complexity index is 900. The summed E-state index contributed by atoms with van der Waals surface area (Å²) in [5, 5.41) is 22.9. The lowest BCUT2D eigenvalue weighted by Gasteiger charge is -2.20. The molecule has 0 aromatic heterocycles. The van der Waals surface area contributed by atoms with Gasteiger partial charge in [-0.15, -0.1) is 0 Å². The van der Waals surface area contributed by atoms with Gasteiger partial charge in [0.05, 0.1) is 25.4 Å². The summed E-state index contributed by atoms with van der Waals surface area (Å²) < 4.78 is 5.44. The molecule has 0 bridgehead atoms. The SMILES string of the molecule is CCCCCCC/C=C\CCCCCCCC(=O)OCCCCCC/C=C\CCCCCCCCCC(=O)NC(CO)C(O)/C=C/CCCCCCCCC. The zero-order chi connectivity index (χ0) is 40.1. The molecule has 0 aromatic rings. The predicted molar refractivity (Wildman–Crippen MR) is 236 cm³/mol. The molecule has 0 aromatic carbocycles. The van der Waals surface area contributed by atoms with Crippen molar-refractivity contribution >= 4 is 11.9 Å². The zero-order valence-electron chi connectivity index (χ0n) is 36.4. The molecular formula is C49H91NO5. The van der Waals surface area contributed by atoms with Gasteiger partial charge in [-0.05, 0) is 83.5 Å². The van der Waals surface area contributed by atoms with E-state index in [0.29, 0.717) is 19.4 Å². The first kappa shape index (κ1) is 53.1. The lowest BCUT2D eigenvalue weighted by atomic mass is 10.1. The minimum Gasteiger partial charge on any atom is -0.466 e. The van der Waals surface area contributed by atoms with Gasteiger partial charge in [0.2, 0.25) is 5.91 Å². The summed E-state index contributed by atoms with van der Waals surface area (Å²) in [6.45, 7) is 4.81. The van der Waals surface area contributed by atoms with E-state index < -0.39 is 12.1 Å². The van der Waals surface area contributed by atoms with Gasteiger partial charge >= 0.3 is 5.97 Å². The highest BCUT2D eigenvalue weighted by molar-refractivity contribution is 5.76. The van der Waals surface area contributed by atoms with E-state index in [1.807, 2.05) is 6.08 Å². The average molecular weight is 774 g/mol. The highest BCUT2D eigenvalue weighted by atomic mass is 16.5. The number of amides is 1. The van der Waals surface area contributed by atoms with Crippen molar-refractivity contribution in [1.29, 1.82) is 0 Å². The molecule has 0 heterocycles. The first-order valence-corrected chi connectivity index (χ1v) is 23.8. The number of rotatable bonds is 43. The molecule has 55 heavy (non-hydrogen) atoms. The number of carbonyl (C=O) groups is 2. The van der Waals surface area contributed by atoms with Crippen LogP contribution in [0.3, 0.4) is 0 Å². The number of unbranched alkanes of at least 4 members (excludes halogenated alkanes) is 28. The van der Waals surface area contributed by atoms with Crippen molar-refractivity contribution < 1.29 is 24.5 Å². The third-order valence-corrected chi connectivity index (χ3v) is 10.6. The summed E-state index contributed by atoms with van der Waals surface area (Å²) >= 11 is 0. The fraction of sp³-hybridized carbons (Fsp3) is 0.837. The largest absolute Gasteiger partial charge is 0.466 e. The average Bonchev–Trinajstić information content (AvgIpc) is 3.18. The number of allylic oxidation sites excluding steroid dienone is 5. The van der Waals surface area contributed by atoms with E-state index in [9.17, 15) is 19.8 Å². The molecule has 6 heteroatoms. The van der Waals surface area contributed by atoms with Crippen molar-refractivity contribution in [3.8, 4) is 0 Å². The van der Waals surface area contributed by atoms with E-state index >= 15 is 0 Å². The molecule has 322 valence electrons. The van der Waals surface area contributed by atoms with Gasteiger partial charge in [-0.1, -0.05) is 179 Å². The first-order chi connectivity index (χ1) is 27.0. The predicted octanol–water partition coefficient (Wildman–Crippen LogP) is 13.7. The number of esters is 1. The zero-order valence-corrected chi connectivity index (χ0v) is 36.4. The summed E-state index contributed by atoms with van der Waals surface area (Å²) in [6.07, 6.45) is 52.8. The molecule has 0 rings (SSSR count). The number of hydrogen-bond acceptors (Lipinski definition) is 5. The fourth-order valence-corrected chi connectivity index (χ4v) is 6.91. The Hall–Kier alpha value is -1.92. The van der Waals surface area contributed by atoms with E-state index in [2.05, 4.69) is 43.5 Å². The third-order valence-electron chi connectivity index (χ3n) is 10.6. The van der Waals surface area contributed by atoms with Crippen LogP contribution in [0.2, 0.25) is 0 Å². The fourth-order valence-electron chi connectivity index (χ4n) is 6.91. The molecule has 0 saturated carbocycles. The van der Waals surface area contributed by atoms with Crippen LogP contribution in [-0.2, 0) is 14.3 Å². The van der Waals surface area contributed by atoms with Gasteiger partial charge in [0, 0.05) is 12.8 Å². The van der Waals surface area contributed by atoms with Gasteiger partial charge < -0.3 is 20.3 Å². The van der Waals surface area contributed by atoms with Crippen LogP contribution in [0, 0.1) is 0 Å². The highest BCUT2D eigenvalue weighted by Crippen LogP contribution is 2.13. The monoisotopic (exact) mass is 774 g/mol. The van der Waals surface area contributed by atoms with Crippen LogP contribution in [0.4, 0.5) is 0 Å². The Kier molecular flexibility index (Phi) is 43.2. The van der Waals surface area contributed by atoms with Crippen LogP contribution < -0.4 is 5.32 Å². The van der Waals surface area contributed by atoms with Crippen molar-refractivity contribution in [3.63, 3.8) is 0 Å². The number of nitrogens with one attached hydrogen (secondary N) is 1. The van der Waals surface area contributed by atoms with Crippen LogP contribution in [-0.4, -0.2) is 47.4 Å². The molecule has 3 N–H and O–H groups in total. The van der Waals surface area contributed by atoms with Gasteiger partial charge in [-0.25, -0.2) is 0 Å². The van der Waals surface area contributed by atoms with Crippen LogP contribution in [0.15, 0.2) is 36.5 Å². The third kappa shape index (κ3) is 41.5. The van der Waals surface area contributed by atoms with Crippen molar-refractivity contribution in [2.24, 2.45) is 0 Å². The smallest absolute Gasteiger partial charge is 0.305 e. The van der Waals surface area contributed by atoms with Crippen LogP contribution in [0.1, 0.15) is 239 Å². The van der Waals surface area contributed by atoms with Crippen molar-refractivity contribution in [3.05, 3.63) is 36.5 Å². The summed E-state index contributed by atoms with van der Waals surface area (Å²) in [5.41, 5.74) is 0. The Balaban J connectivity index is 3.49. The molecule has 0 aliphatic rings. The molecule has 0 spiro atoms. The van der Waals surface area contributed by atoms with Crippen molar-refractivity contribution in [1.82, 2.24) is 5.32 Å². The summed E-state index contributed by atoms with van der Waals surface area (Å²) in [5.74, 6) is -0.109. The number of hydrogen-bond donors (Lipinski definition) is 3. The van der Waals surface area contributed by atoms with E-state index in [1.165, 1.54) is 141 Å². The lowest BCUT2D eigenvalue weighted by molar-refractivity contribution is -0.143. The molecule has 0 radical (unpaired) electrons. The number of carbonyl (C=O) groups excluding carboxylic acids is 2. The van der Waals surface area contributed by atoms with Gasteiger partial charge in [0.15, 0.2) is 0 Å². The maximum atomic E-state index is 12.3. The van der Waals surface area contributed by atoms with Gasteiger partial charge in [-0.2, -0.15) is 0 Å². The normalized spacial score (nSPS) is 13.0. The highest BCUT2D eigenvalue weighted by Gasteiger charge is 2.18. The number of ether oxygens (including phenoxy) is 1. The van der Waals surface area contributed by atoms with E-state index in [4.69, 9.17) is 4.74 Å². The van der Waals surface area contributed by atoms with E-state index in [0.717, 1.165) is 70.6 Å². The summed E-state index contributed by atoms with van der Waals surface area (Å²) in [4.78, 5) is 24.3. The second-order valence-corrected chi connectivity index (χ2v) is 16.1. The van der Waals surface area contributed by atoms with Crippen molar-refractivity contribution in [2.45, 2.75) is 251 Å². The molecule has 6 nitrogen and oxygen atoms in total. The maximum absolute atomic E-state index is 12.3. The minimum absolute atomic E-state index is 0.0211.